The van der Waals surface area contributed by atoms with Crippen LogP contribution in [-0.2, 0) is 11.2 Å². The van der Waals surface area contributed by atoms with Crippen molar-refractivity contribution in [3.63, 3.8) is 0 Å². The van der Waals surface area contributed by atoms with E-state index >= 15 is 0 Å². The molecule has 0 aliphatic carbocycles. The van der Waals surface area contributed by atoms with Crippen molar-refractivity contribution in [1.29, 1.82) is 0 Å². The van der Waals surface area contributed by atoms with Crippen LogP contribution in [0.5, 0.6) is 0 Å². The van der Waals surface area contributed by atoms with Crippen molar-refractivity contribution in [1.82, 2.24) is 15.2 Å². The number of piperidine rings is 1. The van der Waals surface area contributed by atoms with Crippen LogP contribution in [0, 0.1) is 6.92 Å². The molecule has 0 unspecified atom stereocenters. The van der Waals surface area contributed by atoms with Gasteiger partial charge in [-0.3, -0.25) is 4.79 Å². The van der Waals surface area contributed by atoms with Gasteiger partial charge in [0.05, 0.1) is 12.1 Å². The average Bonchev–Trinajstić information content (AvgIpc) is 3.01. The third-order valence-electron chi connectivity index (χ3n) is 4.77. The molecule has 0 spiro atoms. The highest BCUT2D eigenvalue weighted by molar-refractivity contribution is 5.85. The lowest BCUT2D eigenvalue weighted by Crippen LogP contribution is -2.47. The smallest absolute Gasteiger partial charge is 0.228 e. The predicted octanol–water partition coefficient (Wildman–Crippen LogP) is 4.03. The molecule has 1 aliphatic heterocycles. The third kappa shape index (κ3) is 5.96. The molecule has 1 fully saturated rings. The largest absolute Gasteiger partial charge is 0.441 e. The summed E-state index contributed by atoms with van der Waals surface area (Å²) in [4.78, 5) is 19.6. The normalized spacial score (nSPS) is 14.1. The van der Waals surface area contributed by atoms with Crippen molar-refractivity contribution in [2.24, 2.45) is 0 Å². The number of amides is 1. The van der Waals surface area contributed by atoms with E-state index in [1.54, 1.807) is 0 Å². The van der Waals surface area contributed by atoms with Crippen molar-refractivity contribution in [2.45, 2.75) is 45.6 Å². The molecule has 2 aromatic rings. The van der Waals surface area contributed by atoms with Gasteiger partial charge in [0.2, 0.25) is 11.8 Å². The van der Waals surface area contributed by atoms with Crippen LogP contribution >= 0.6 is 24.8 Å². The Bertz CT molecular complexity index is 701. The second kappa shape index (κ2) is 11.3. The van der Waals surface area contributed by atoms with Gasteiger partial charge in [0.15, 0.2) is 0 Å². The molecular weight excluding hydrogens is 385 g/mol. The molecular formula is C20H29Cl2N3O2. The van der Waals surface area contributed by atoms with E-state index in [2.05, 4.69) is 22.1 Å². The summed E-state index contributed by atoms with van der Waals surface area (Å²) in [5.74, 6) is 1.48. The van der Waals surface area contributed by atoms with Crippen LogP contribution < -0.4 is 5.32 Å². The fourth-order valence-electron chi connectivity index (χ4n) is 3.41. The molecule has 0 atom stereocenters. The molecule has 0 bridgehead atoms. The number of aryl methyl sites for hydroxylation is 1. The van der Waals surface area contributed by atoms with E-state index in [1.165, 1.54) is 0 Å². The Labute approximate surface area is 173 Å². The van der Waals surface area contributed by atoms with Gasteiger partial charge in [-0.1, -0.05) is 25.1 Å². The first kappa shape index (κ1) is 23.5. The first-order valence-electron chi connectivity index (χ1n) is 9.21. The Balaban J connectivity index is 0.00000182. The molecule has 27 heavy (non-hydrogen) atoms. The summed E-state index contributed by atoms with van der Waals surface area (Å²) in [6, 6.07) is 10.2. The summed E-state index contributed by atoms with van der Waals surface area (Å²) >= 11 is 0. The lowest BCUT2D eigenvalue weighted by atomic mass is 10.0. The molecule has 1 aliphatic rings. The molecule has 0 radical (unpaired) electrons. The maximum Gasteiger partial charge on any atom is 0.228 e. The number of nitrogens with zero attached hydrogens (tertiary/aromatic N) is 2. The number of halogens is 2. The maximum atomic E-state index is 12.9. The SMILES string of the molecule is CCCN(C(=O)Cc1nc(-c2ccccc2)oc1C)C1CCNCC1.Cl.Cl. The topological polar surface area (TPSA) is 58.4 Å². The summed E-state index contributed by atoms with van der Waals surface area (Å²) < 4.78 is 5.79. The zero-order valence-corrected chi connectivity index (χ0v) is 17.6. The Hall–Kier alpha value is -1.56. The molecule has 2 heterocycles. The number of oxazole rings is 1. The highest BCUT2D eigenvalue weighted by atomic mass is 35.5. The standard InChI is InChI=1S/C20H27N3O2.2ClH/c1-3-13-23(17-9-11-21-12-10-17)19(24)14-18-15(2)25-20(22-18)16-7-5-4-6-8-16;;/h4-8,17,21H,3,9-14H2,1-2H3;2*1H. The van der Waals surface area contributed by atoms with Crippen molar-refractivity contribution in [3.05, 3.63) is 41.8 Å². The van der Waals surface area contributed by atoms with Crippen molar-refractivity contribution < 1.29 is 9.21 Å². The fraction of sp³-hybridized carbons (Fsp3) is 0.500. The van der Waals surface area contributed by atoms with Gasteiger partial charge in [-0.05, 0) is 51.4 Å². The molecule has 1 saturated heterocycles. The van der Waals surface area contributed by atoms with Crippen molar-refractivity contribution in [3.8, 4) is 11.5 Å². The van der Waals surface area contributed by atoms with Gasteiger partial charge in [0, 0.05) is 18.2 Å². The van der Waals surface area contributed by atoms with E-state index in [-0.39, 0.29) is 30.7 Å². The number of aromatic nitrogens is 1. The molecule has 1 aromatic heterocycles. The lowest BCUT2D eigenvalue weighted by Gasteiger charge is -2.34. The lowest BCUT2D eigenvalue weighted by molar-refractivity contribution is -0.133. The third-order valence-corrected chi connectivity index (χ3v) is 4.77. The monoisotopic (exact) mass is 413 g/mol. The average molecular weight is 414 g/mol. The molecule has 3 rings (SSSR count). The van der Waals surface area contributed by atoms with E-state index < -0.39 is 0 Å². The van der Waals surface area contributed by atoms with Crippen LogP contribution in [0.15, 0.2) is 34.7 Å². The second-order valence-electron chi connectivity index (χ2n) is 6.63. The van der Waals surface area contributed by atoms with Gasteiger partial charge < -0.3 is 14.6 Å². The second-order valence-corrected chi connectivity index (χ2v) is 6.63. The van der Waals surface area contributed by atoms with Gasteiger partial charge in [-0.2, -0.15) is 0 Å². The van der Waals surface area contributed by atoms with Gasteiger partial charge in [0.25, 0.3) is 0 Å². The maximum absolute atomic E-state index is 12.9. The molecule has 150 valence electrons. The van der Waals surface area contributed by atoms with Crippen LogP contribution in [0.1, 0.15) is 37.6 Å². The van der Waals surface area contributed by atoms with Gasteiger partial charge >= 0.3 is 0 Å². The van der Waals surface area contributed by atoms with Crippen molar-refractivity contribution in [2.75, 3.05) is 19.6 Å². The highest BCUT2D eigenvalue weighted by Gasteiger charge is 2.26. The van der Waals surface area contributed by atoms with E-state index in [0.717, 1.165) is 55.9 Å². The minimum atomic E-state index is 0. The quantitative estimate of drug-likeness (QED) is 0.776. The van der Waals surface area contributed by atoms with Crippen LogP contribution in [0.4, 0.5) is 0 Å². The van der Waals surface area contributed by atoms with E-state index in [4.69, 9.17) is 4.42 Å². The van der Waals surface area contributed by atoms with Crippen LogP contribution in [-0.4, -0.2) is 41.5 Å². The highest BCUT2D eigenvalue weighted by Crippen LogP contribution is 2.22. The van der Waals surface area contributed by atoms with E-state index in [9.17, 15) is 4.79 Å². The zero-order valence-electron chi connectivity index (χ0n) is 15.9. The first-order chi connectivity index (χ1) is 12.2. The first-order valence-corrected chi connectivity index (χ1v) is 9.21. The van der Waals surface area contributed by atoms with E-state index in [1.807, 2.05) is 37.3 Å². The van der Waals surface area contributed by atoms with Gasteiger partial charge in [-0.25, -0.2) is 4.98 Å². The molecule has 1 aromatic carbocycles. The number of hydrogen-bond donors (Lipinski definition) is 1. The zero-order chi connectivity index (χ0) is 17.6. The number of hydrogen-bond acceptors (Lipinski definition) is 4. The number of rotatable bonds is 6. The van der Waals surface area contributed by atoms with Crippen LogP contribution in [0.2, 0.25) is 0 Å². The van der Waals surface area contributed by atoms with Gasteiger partial charge in [0.1, 0.15) is 5.76 Å². The summed E-state index contributed by atoms with van der Waals surface area (Å²) in [7, 11) is 0. The van der Waals surface area contributed by atoms with Crippen LogP contribution in [0.3, 0.4) is 0 Å². The number of benzene rings is 1. The van der Waals surface area contributed by atoms with E-state index in [0.29, 0.717) is 18.4 Å². The molecule has 1 amide bonds. The minimum absolute atomic E-state index is 0. The molecule has 0 saturated carbocycles. The summed E-state index contributed by atoms with van der Waals surface area (Å²) in [6.07, 6.45) is 3.34. The number of carbonyl (C=O) groups is 1. The Kier molecular flexibility index (Phi) is 9.84. The Morgan fingerprint density at radius 2 is 1.89 bits per heavy atom. The Morgan fingerprint density at radius 1 is 1.22 bits per heavy atom. The number of nitrogens with one attached hydrogen (secondary N) is 1. The Morgan fingerprint density at radius 3 is 2.52 bits per heavy atom. The predicted molar refractivity (Wildman–Crippen MR) is 113 cm³/mol. The molecule has 7 heteroatoms. The van der Waals surface area contributed by atoms with Crippen molar-refractivity contribution >= 4 is 30.7 Å². The summed E-state index contributed by atoms with van der Waals surface area (Å²) in [6.45, 7) is 6.79. The minimum Gasteiger partial charge on any atom is -0.441 e. The molecule has 5 nitrogen and oxygen atoms in total. The van der Waals surface area contributed by atoms with Gasteiger partial charge in [-0.15, -0.1) is 24.8 Å². The molecule has 1 N–H and O–H groups in total. The van der Waals surface area contributed by atoms with Crippen LogP contribution in [0.25, 0.3) is 11.5 Å². The summed E-state index contributed by atoms with van der Waals surface area (Å²) in [5, 5.41) is 3.37. The fourth-order valence-corrected chi connectivity index (χ4v) is 3.41. The number of carbonyl (C=O) groups excluding carboxylic acids is 1. The summed E-state index contributed by atoms with van der Waals surface area (Å²) in [5.41, 5.74) is 1.69.